The van der Waals surface area contributed by atoms with Gasteiger partial charge in [-0.05, 0) is 30.7 Å². The second-order valence-electron chi connectivity index (χ2n) is 6.29. The van der Waals surface area contributed by atoms with E-state index in [-0.39, 0.29) is 0 Å². The molecule has 0 spiro atoms. The topological polar surface area (TPSA) is 85.2 Å². The van der Waals surface area contributed by atoms with Crippen LogP contribution in [0.4, 0.5) is 11.9 Å². The molecule has 7 nitrogen and oxygen atoms in total. The lowest BCUT2D eigenvalue weighted by Gasteiger charge is -2.16. The predicted octanol–water partition coefficient (Wildman–Crippen LogP) is 3.16. The molecule has 0 atom stereocenters. The monoisotopic (exact) mass is 347 g/mol. The largest absolute Gasteiger partial charge is 0.369 e. The van der Waals surface area contributed by atoms with Gasteiger partial charge in [-0.25, -0.2) is 19.9 Å². The molecule has 0 saturated heterocycles. The molecule has 4 aromatic heterocycles. The summed E-state index contributed by atoms with van der Waals surface area (Å²) in [5, 5.41) is 0.994. The molecule has 132 valence electrons. The van der Waals surface area contributed by atoms with Gasteiger partial charge in [-0.1, -0.05) is 13.3 Å². The van der Waals surface area contributed by atoms with Gasteiger partial charge < -0.3 is 10.6 Å². The van der Waals surface area contributed by atoms with Crippen molar-refractivity contribution in [3.8, 4) is 11.3 Å². The fourth-order valence-electron chi connectivity index (χ4n) is 3.20. The third kappa shape index (κ3) is 2.61. The van der Waals surface area contributed by atoms with Crippen molar-refractivity contribution >= 4 is 28.4 Å². The lowest BCUT2D eigenvalue weighted by atomic mass is 10.1. The maximum absolute atomic E-state index is 6.12. The van der Waals surface area contributed by atoms with Gasteiger partial charge in [0.15, 0.2) is 0 Å². The van der Waals surface area contributed by atoms with E-state index in [1.54, 1.807) is 18.6 Å². The molecule has 4 aromatic rings. The second kappa shape index (κ2) is 6.59. The van der Waals surface area contributed by atoms with E-state index in [0.717, 1.165) is 53.1 Å². The molecule has 0 aliphatic carbocycles. The first-order chi connectivity index (χ1) is 12.7. The molecule has 0 aliphatic heterocycles. The summed E-state index contributed by atoms with van der Waals surface area (Å²) in [5.74, 6) is 1.13. The van der Waals surface area contributed by atoms with Crippen LogP contribution in [0, 0.1) is 0 Å². The van der Waals surface area contributed by atoms with E-state index < -0.39 is 0 Å². The molecule has 26 heavy (non-hydrogen) atoms. The highest BCUT2D eigenvalue weighted by atomic mass is 15.2. The maximum atomic E-state index is 6.12. The number of pyridine rings is 1. The van der Waals surface area contributed by atoms with Crippen LogP contribution < -0.4 is 10.6 Å². The van der Waals surface area contributed by atoms with Crippen LogP contribution in [-0.4, -0.2) is 37.9 Å². The minimum Gasteiger partial charge on any atom is -0.369 e. The Morgan fingerprint density at radius 1 is 1.08 bits per heavy atom. The van der Waals surface area contributed by atoms with Crippen molar-refractivity contribution in [2.24, 2.45) is 0 Å². The number of rotatable bonds is 5. The normalized spacial score (nSPS) is 11.3. The van der Waals surface area contributed by atoms with Crippen LogP contribution in [0.2, 0.25) is 0 Å². The molecule has 0 aliphatic rings. The molecule has 4 rings (SSSR count). The van der Waals surface area contributed by atoms with Crippen molar-refractivity contribution in [1.82, 2.24) is 24.3 Å². The Hall–Kier alpha value is -3.22. The molecule has 0 bridgehead atoms. The highest BCUT2D eigenvalue weighted by Crippen LogP contribution is 2.34. The Balaban J connectivity index is 1.93. The number of unbranched alkanes of at least 4 members (excludes halogenated alkanes) is 1. The number of nitrogen functional groups attached to an aromatic ring is 1. The zero-order valence-electron chi connectivity index (χ0n) is 14.9. The first-order valence-corrected chi connectivity index (χ1v) is 8.75. The van der Waals surface area contributed by atoms with Crippen molar-refractivity contribution in [3.05, 3.63) is 42.9 Å². The van der Waals surface area contributed by atoms with Gasteiger partial charge in [0.1, 0.15) is 5.65 Å². The van der Waals surface area contributed by atoms with Crippen LogP contribution in [0.5, 0.6) is 0 Å². The van der Waals surface area contributed by atoms with Crippen LogP contribution in [0.1, 0.15) is 19.8 Å². The molecule has 0 amide bonds. The molecular formula is C19H21N7. The van der Waals surface area contributed by atoms with Crippen LogP contribution in [0.15, 0.2) is 42.9 Å². The summed E-state index contributed by atoms with van der Waals surface area (Å²) < 4.78 is 1.87. The standard InChI is InChI=1S/C19H21N7/c1-3-4-12-25(2)19-23-10-7-14(24-19)16-13-6-5-9-21-17(13)26-15(16)8-11-22-18(26)20/h5-11H,3-4,12H2,1-2H3,(H2,20,22). The molecular weight excluding hydrogens is 326 g/mol. The van der Waals surface area contributed by atoms with Gasteiger partial charge in [-0.2, -0.15) is 0 Å². The maximum Gasteiger partial charge on any atom is 0.225 e. The number of nitrogens with two attached hydrogens (primary N) is 1. The third-order valence-corrected chi connectivity index (χ3v) is 4.52. The van der Waals surface area contributed by atoms with Crippen LogP contribution >= 0.6 is 0 Å². The summed E-state index contributed by atoms with van der Waals surface area (Å²) in [6.07, 6.45) is 7.51. The highest BCUT2D eigenvalue weighted by Gasteiger charge is 2.18. The Morgan fingerprint density at radius 2 is 1.92 bits per heavy atom. The third-order valence-electron chi connectivity index (χ3n) is 4.52. The van der Waals surface area contributed by atoms with Gasteiger partial charge in [0.05, 0.1) is 11.2 Å². The van der Waals surface area contributed by atoms with Crippen molar-refractivity contribution in [2.45, 2.75) is 19.8 Å². The van der Waals surface area contributed by atoms with Crippen molar-refractivity contribution < 1.29 is 0 Å². The van der Waals surface area contributed by atoms with E-state index in [9.17, 15) is 0 Å². The zero-order chi connectivity index (χ0) is 18.1. The molecule has 2 N–H and O–H groups in total. The van der Waals surface area contributed by atoms with Crippen molar-refractivity contribution in [3.63, 3.8) is 0 Å². The van der Waals surface area contributed by atoms with Gasteiger partial charge >= 0.3 is 0 Å². The molecule has 0 radical (unpaired) electrons. The smallest absolute Gasteiger partial charge is 0.225 e. The molecule has 4 heterocycles. The van der Waals surface area contributed by atoms with E-state index in [0.29, 0.717) is 5.95 Å². The number of hydrogen-bond donors (Lipinski definition) is 1. The summed E-state index contributed by atoms with van der Waals surface area (Å²) in [6, 6.07) is 7.82. The summed E-state index contributed by atoms with van der Waals surface area (Å²) in [4.78, 5) is 20.0. The van der Waals surface area contributed by atoms with E-state index in [2.05, 4.69) is 26.8 Å². The number of nitrogens with zero attached hydrogens (tertiary/aromatic N) is 6. The van der Waals surface area contributed by atoms with Crippen LogP contribution in [0.3, 0.4) is 0 Å². The summed E-state index contributed by atoms with van der Waals surface area (Å²) in [6.45, 7) is 3.10. The van der Waals surface area contributed by atoms with Gasteiger partial charge in [0.25, 0.3) is 0 Å². The van der Waals surface area contributed by atoms with Crippen molar-refractivity contribution in [2.75, 3.05) is 24.2 Å². The number of aromatic nitrogens is 5. The summed E-state index contributed by atoms with van der Waals surface area (Å²) in [5.41, 5.74) is 9.68. The van der Waals surface area contributed by atoms with E-state index >= 15 is 0 Å². The lowest BCUT2D eigenvalue weighted by molar-refractivity contribution is 0.750. The average Bonchev–Trinajstić information content (AvgIpc) is 3.01. The van der Waals surface area contributed by atoms with E-state index in [4.69, 9.17) is 10.7 Å². The zero-order valence-corrected chi connectivity index (χ0v) is 14.9. The molecule has 0 saturated carbocycles. The molecule has 0 fully saturated rings. The Kier molecular flexibility index (Phi) is 4.12. The fraction of sp³-hybridized carbons (Fsp3) is 0.263. The Morgan fingerprint density at radius 3 is 2.77 bits per heavy atom. The van der Waals surface area contributed by atoms with Gasteiger partial charge in [-0.3, -0.25) is 4.40 Å². The minimum absolute atomic E-state index is 0.409. The van der Waals surface area contributed by atoms with E-state index in [1.807, 2.05) is 35.7 Å². The SMILES string of the molecule is CCCCN(C)c1nccc(-c2c3cccnc3n3c(N)nccc23)n1. The average molecular weight is 347 g/mol. The quantitative estimate of drug-likeness (QED) is 0.597. The van der Waals surface area contributed by atoms with Gasteiger partial charge in [0.2, 0.25) is 11.9 Å². The number of fused-ring (bicyclic) bond motifs is 3. The highest BCUT2D eigenvalue weighted by molar-refractivity contribution is 6.04. The van der Waals surface area contributed by atoms with Gasteiger partial charge in [0, 0.05) is 43.1 Å². The summed E-state index contributed by atoms with van der Waals surface area (Å²) >= 11 is 0. The lowest BCUT2D eigenvalue weighted by Crippen LogP contribution is -2.20. The fourth-order valence-corrected chi connectivity index (χ4v) is 3.20. The predicted molar refractivity (Wildman–Crippen MR) is 104 cm³/mol. The van der Waals surface area contributed by atoms with E-state index in [1.165, 1.54) is 0 Å². The second-order valence-corrected chi connectivity index (χ2v) is 6.29. The van der Waals surface area contributed by atoms with Crippen molar-refractivity contribution in [1.29, 1.82) is 0 Å². The molecule has 0 unspecified atom stereocenters. The summed E-state index contributed by atoms with van der Waals surface area (Å²) in [7, 11) is 2.02. The molecule has 7 heteroatoms. The number of hydrogen-bond acceptors (Lipinski definition) is 6. The van der Waals surface area contributed by atoms with Crippen LogP contribution in [0.25, 0.3) is 27.8 Å². The first-order valence-electron chi connectivity index (χ1n) is 8.75. The first kappa shape index (κ1) is 16.3. The number of anilines is 2. The van der Waals surface area contributed by atoms with Gasteiger partial charge in [-0.15, -0.1) is 0 Å². The minimum atomic E-state index is 0.409. The molecule has 0 aromatic carbocycles. The Bertz CT molecular complexity index is 1070. The Labute approximate surface area is 151 Å². The van der Waals surface area contributed by atoms with Crippen LogP contribution in [-0.2, 0) is 0 Å².